The number of likely N-dealkylation sites (tertiary alicyclic amines) is 1. The van der Waals surface area contributed by atoms with E-state index in [9.17, 15) is 23.2 Å². The molecule has 1 heterocycles. The number of esters is 1. The fourth-order valence-corrected chi connectivity index (χ4v) is 3.29. The number of carbonyl (C=O) groups excluding carboxylic acids is 3. The molecule has 0 spiro atoms. The summed E-state index contributed by atoms with van der Waals surface area (Å²) in [5.74, 6) is -3.50. The third kappa shape index (κ3) is 5.00. The lowest BCUT2D eigenvalue weighted by Gasteiger charge is -2.31. The van der Waals surface area contributed by atoms with Gasteiger partial charge in [0.2, 0.25) is 0 Å². The van der Waals surface area contributed by atoms with Gasteiger partial charge in [-0.15, -0.1) is 0 Å². The van der Waals surface area contributed by atoms with E-state index in [0.29, 0.717) is 24.6 Å². The van der Waals surface area contributed by atoms with E-state index in [1.165, 1.54) is 9.80 Å². The Kier molecular flexibility index (Phi) is 6.76. The van der Waals surface area contributed by atoms with Crippen molar-refractivity contribution in [2.75, 3.05) is 31.6 Å². The number of anilines is 1. The van der Waals surface area contributed by atoms with Gasteiger partial charge in [0.25, 0.3) is 11.8 Å². The second-order valence-electron chi connectivity index (χ2n) is 7.09. The maximum Gasteiger partial charge on any atom is 0.309 e. The SMILES string of the molecule is CN(C(=O)COC(=O)C1CCN(C(=O)c2ccc(F)cc2F)CC1)c1ccccc1. The zero-order chi connectivity index (χ0) is 21.7. The number of hydrogen-bond donors (Lipinski definition) is 0. The first-order valence-corrected chi connectivity index (χ1v) is 9.59. The summed E-state index contributed by atoms with van der Waals surface area (Å²) < 4.78 is 32.0. The maximum atomic E-state index is 13.8. The number of likely N-dealkylation sites (N-methyl/N-ethyl adjacent to an activating group) is 1. The molecule has 2 aromatic rings. The van der Waals surface area contributed by atoms with E-state index in [-0.39, 0.29) is 31.2 Å². The molecule has 0 bridgehead atoms. The Bertz CT molecular complexity index is 928. The quantitative estimate of drug-likeness (QED) is 0.703. The van der Waals surface area contributed by atoms with Crippen molar-refractivity contribution in [1.29, 1.82) is 0 Å². The maximum absolute atomic E-state index is 13.8. The van der Waals surface area contributed by atoms with E-state index in [4.69, 9.17) is 4.74 Å². The molecule has 0 radical (unpaired) electrons. The number of hydrogen-bond acceptors (Lipinski definition) is 4. The Morgan fingerprint density at radius 3 is 2.37 bits per heavy atom. The lowest BCUT2D eigenvalue weighted by molar-refractivity contribution is -0.153. The summed E-state index contributed by atoms with van der Waals surface area (Å²) in [6.45, 7) is 0.116. The topological polar surface area (TPSA) is 66.9 Å². The van der Waals surface area contributed by atoms with Crippen LogP contribution in [0.15, 0.2) is 48.5 Å². The molecule has 0 saturated carbocycles. The van der Waals surface area contributed by atoms with Gasteiger partial charge in [0.15, 0.2) is 6.61 Å². The van der Waals surface area contributed by atoms with Crippen molar-refractivity contribution in [1.82, 2.24) is 4.90 Å². The minimum absolute atomic E-state index is 0.202. The average molecular weight is 416 g/mol. The van der Waals surface area contributed by atoms with E-state index in [2.05, 4.69) is 0 Å². The van der Waals surface area contributed by atoms with E-state index in [0.717, 1.165) is 12.1 Å². The molecule has 6 nitrogen and oxygen atoms in total. The summed E-state index contributed by atoms with van der Waals surface area (Å²) in [5, 5.41) is 0. The van der Waals surface area contributed by atoms with E-state index in [1.807, 2.05) is 6.07 Å². The highest BCUT2D eigenvalue weighted by molar-refractivity contribution is 5.95. The molecule has 0 aromatic heterocycles. The van der Waals surface area contributed by atoms with Crippen LogP contribution in [-0.4, -0.2) is 49.4 Å². The number of ether oxygens (including phenoxy) is 1. The highest BCUT2D eigenvalue weighted by Crippen LogP contribution is 2.22. The number of nitrogens with zero attached hydrogens (tertiary/aromatic N) is 2. The zero-order valence-corrected chi connectivity index (χ0v) is 16.5. The number of rotatable bonds is 5. The Morgan fingerprint density at radius 2 is 1.73 bits per heavy atom. The molecule has 30 heavy (non-hydrogen) atoms. The van der Waals surface area contributed by atoms with Crippen LogP contribution in [0.2, 0.25) is 0 Å². The van der Waals surface area contributed by atoms with Gasteiger partial charge in [0.05, 0.1) is 11.5 Å². The summed E-state index contributed by atoms with van der Waals surface area (Å²) >= 11 is 0. The van der Waals surface area contributed by atoms with Gasteiger partial charge in [0, 0.05) is 31.9 Å². The molecule has 1 aliphatic rings. The standard InChI is InChI=1S/C22H22F2N2O4/c1-25(17-5-3-2-4-6-17)20(27)14-30-22(29)15-9-11-26(12-10-15)21(28)18-8-7-16(23)13-19(18)24/h2-8,13,15H,9-12,14H2,1H3. The van der Waals surface area contributed by atoms with Crippen molar-refractivity contribution in [2.45, 2.75) is 12.8 Å². The number of amides is 2. The molecule has 8 heteroatoms. The first kappa shape index (κ1) is 21.4. The third-order valence-corrected chi connectivity index (χ3v) is 5.13. The van der Waals surface area contributed by atoms with Crippen LogP contribution in [0.5, 0.6) is 0 Å². The first-order valence-electron chi connectivity index (χ1n) is 9.59. The molecule has 2 aromatic carbocycles. The molecule has 2 amide bonds. The highest BCUT2D eigenvalue weighted by atomic mass is 19.1. The molecule has 0 atom stereocenters. The Hall–Kier alpha value is -3.29. The smallest absolute Gasteiger partial charge is 0.309 e. The molecule has 1 aliphatic heterocycles. The van der Waals surface area contributed by atoms with Gasteiger partial charge >= 0.3 is 5.97 Å². The largest absolute Gasteiger partial charge is 0.455 e. The monoisotopic (exact) mass is 416 g/mol. The molecule has 0 N–H and O–H groups in total. The van der Waals surface area contributed by atoms with Crippen LogP contribution in [0.3, 0.4) is 0 Å². The number of para-hydroxylation sites is 1. The van der Waals surface area contributed by atoms with E-state index >= 15 is 0 Å². The minimum atomic E-state index is -0.914. The van der Waals surface area contributed by atoms with Crippen molar-refractivity contribution >= 4 is 23.5 Å². The Labute approximate surface area is 173 Å². The summed E-state index contributed by atoms with van der Waals surface area (Å²) in [7, 11) is 1.60. The van der Waals surface area contributed by atoms with Gasteiger partial charge in [-0.25, -0.2) is 8.78 Å². The van der Waals surface area contributed by atoms with Gasteiger partial charge in [-0.05, 0) is 37.1 Å². The third-order valence-electron chi connectivity index (χ3n) is 5.13. The number of piperidine rings is 1. The van der Waals surface area contributed by atoms with Crippen molar-refractivity contribution in [3.63, 3.8) is 0 Å². The van der Waals surface area contributed by atoms with Gasteiger partial charge in [-0.2, -0.15) is 0 Å². The second kappa shape index (κ2) is 9.47. The van der Waals surface area contributed by atoms with Crippen LogP contribution in [-0.2, 0) is 14.3 Å². The van der Waals surface area contributed by atoms with E-state index < -0.39 is 29.4 Å². The summed E-state index contributed by atoms with van der Waals surface area (Å²) in [4.78, 5) is 39.8. The van der Waals surface area contributed by atoms with Crippen LogP contribution in [0.25, 0.3) is 0 Å². The molecule has 0 aliphatic carbocycles. The fraction of sp³-hybridized carbons (Fsp3) is 0.318. The molecule has 3 rings (SSSR count). The minimum Gasteiger partial charge on any atom is -0.455 e. The highest BCUT2D eigenvalue weighted by Gasteiger charge is 2.30. The number of carbonyl (C=O) groups is 3. The molecular formula is C22H22F2N2O4. The van der Waals surface area contributed by atoms with Gasteiger partial charge in [0.1, 0.15) is 11.6 Å². The lowest BCUT2D eigenvalue weighted by atomic mass is 9.96. The van der Waals surface area contributed by atoms with Crippen LogP contribution in [0, 0.1) is 17.6 Å². The summed E-state index contributed by atoms with van der Waals surface area (Å²) in [6.07, 6.45) is 0.687. The molecule has 0 unspecified atom stereocenters. The first-order chi connectivity index (χ1) is 14.4. The predicted octanol–water partition coefficient (Wildman–Crippen LogP) is 3.02. The van der Waals surface area contributed by atoms with Crippen molar-refractivity contribution < 1.29 is 27.9 Å². The summed E-state index contributed by atoms with van der Waals surface area (Å²) in [6, 6.07) is 11.8. The molecule has 158 valence electrons. The molecular weight excluding hydrogens is 394 g/mol. The normalized spacial score (nSPS) is 14.3. The number of halogens is 2. The van der Waals surface area contributed by atoms with Crippen LogP contribution in [0.1, 0.15) is 23.2 Å². The molecule has 1 saturated heterocycles. The average Bonchev–Trinajstić information content (AvgIpc) is 2.77. The predicted molar refractivity (Wildman–Crippen MR) is 106 cm³/mol. The van der Waals surface area contributed by atoms with Crippen LogP contribution in [0.4, 0.5) is 14.5 Å². The lowest BCUT2D eigenvalue weighted by Crippen LogP contribution is -2.41. The summed E-state index contributed by atoms with van der Waals surface area (Å²) in [5.41, 5.74) is 0.491. The van der Waals surface area contributed by atoms with Crippen molar-refractivity contribution in [3.8, 4) is 0 Å². The Balaban J connectivity index is 1.48. The Morgan fingerprint density at radius 1 is 1.07 bits per heavy atom. The second-order valence-corrected chi connectivity index (χ2v) is 7.09. The van der Waals surface area contributed by atoms with Crippen molar-refractivity contribution in [3.05, 3.63) is 65.7 Å². The van der Waals surface area contributed by atoms with Crippen LogP contribution < -0.4 is 4.90 Å². The number of benzene rings is 2. The van der Waals surface area contributed by atoms with Crippen molar-refractivity contribution in [2.24, 2.45) is 5.92 Å². The zero-order valence-electron chi connectivity index (χ0n) is 16.5. The van der Waals surface area contributed by atoms with Gasteiger partial charge in [-0.3, -0.25) is 14.4 Å². The molecule has 1 fully saturated rings. The fourth-order valence-electron chi connectivity index (χ4n) is 3.29. The van der Waals surface area contributed by atoms with Gasteiger partial charge in [-0.1, -0.05) is 18.2 Å². The van der Waals surface area contributed by atoms with Gasteiger partial charge < -0.3 is 14.5 Å². The van der Waals surface area contributed by atoms with Crippen LogP contribution >= 0.6 is 0 Å². The van der Waals surface area contributed by atoms with E-state index in [1.54, 1.807) is 31.3 Å².